The molecule has 1 N–H and O–H groups in total. The van der Waals surface area contributed by atoms with E-state index in [-0.39, 0.29) is 11.9 Å². The molecule has 1 amide bonds. The maximum Gasteiger partial charge on any atom is 0.263 e. The summed E-state index contributed by atoms with van der Waals surface area (Å²) in [4.78, 5) is 18.2. The number of benzene rings is 2. The van der Waals surface area contributed by atoms with Crippen molar-refractivity contribution in [3.05, 3.63) is 76.3 Å². The topological polar surface area (TPSA) is 42.0 Å². The van der Waals surface area contributed by atoms with Crippen LogP contribution in [0.15, 0.2) is 54.6 Å². The first kappa shape index (κ1) is 17.0. The zero-order valence-corrected chi connectivity index (χ0v) is 15.7. The third kappa shape index (κ3) is 3.56. The number of nitrogens with one attached hydrogen (secondary N) is 1. The lowest BCUT2D eigenvalue weighted by molar-refractivity contribution is 0.0938. The molecule has 3 aromatic rings. The van der Waals surface area contributed by atoms with E-state index in [1.165, 1.54) is 22.5 Å². The van der Waals surface area contributed by atoms with E-state index in [9.17, 15) is 4.79 Å². The fourth-order valence-electron chi connectivity index (χ4n) is 3.59. The minimum Gasteiger partial charge on any atom is -0.348 e. The molecule has 4 rings (SSSR count). The van der Waals surface area contributed by atoms with Gasteiger partial charge in [0.1, 0.15) is 9.88 Å². The summed E-state index contributed by atoms with van der Waals surface area (Å²) in [6.45, 7) is 1.92. The molecular weight excluding hydrogens is 340 g/mol. The lowest BCUT2D eigenvalue weighted by atomic mass is 10.0. The number of amides is 1. The summed E-state index contributed by atoms with van der Waals surface area (Å²) < 4.78 is 0. The van der Waals surface area contributed by atoms with Crippen LogP contribution in [0.5, 0.6) is 0 Å². The monoisotopic (exact) mass is 362 g/mol. The summed E-state index contributed by atoms with van der Waals surface area (Å²) in [7, 11) is 0. The minimum atomic E-state index is 0.00608. The van der Waals surface area contributed by atoms with Crippen LogP contribution < -0.4 is 5.32 Å². The van der Waals surface area contributed by atoms with Gasteiger partial charge in [-0.25, -0.2) is 4.98 Å². The number of aromatic nitrogens is 1. The van der Waals surface area contributed by atoms with E-state index in [4.69, 9.17) is 0 Å². The molecule has 2 aromatic carbocycles. The standard InChI is InChI=1S/C22H22N2OS/c1-15-20(26-22(23-15)17-9-3-2-4-10-17)21(25)24-19-13-7-12-16-8-5-6-11-18(16)14-19/h2-6,8-11,19H,7,12-14H2,1H3,(H,24,25). The molecule has 4 heteroatoms. The highest BCUT2D eigenvalue weighted by atomic mass is 32.1. The van der Waals surface area contributed by atoms with Crippen LogP contribution in [0.2, 0.25) is 0 Å². The molecule has 26 heavy (non-hydrogen) atoms. The zero-order chi connectivity index (χ0) is 17.9. The maximum atomic E-state index is 12.9. The van der Waals surface area contributed by atoms with Gasteiger partial charge >= 0.3 is 0 Å². The molecule has 0 aliphatic heterocycles. The minimum absolute atomic E-state index is 0.00608. The van der Waals surface area contributed by atoms with Crippen LogP contribution in [0.4, 0.5) is 0 Å². The number of fused-ring (bicyclic) bond motifs is 1. The van der Waals surface area contributed by atoms with E-state index < -0.39 is 0 Å². The van der Waals surface area contributed by atoms with Gasteiger partial charge in [-0.2, -0.15) is 0 Å². The number of nitrogens with zero attached hydrogens (tertiary/aromatic N) is 1. The summed E-state index contributed by atoms with van der Waals surface area (Å²) >= 11 is 1.48. The Morgan fingerprint density at radius 1 is 1.08 bits per heavy atom. The molecule has 1 heterocycles. The Balaban J connectivity index is 1.51. The number of hydrogen-bond acceptors (Lipinski definition) is 3. The largest absolute Gasteiger partial charge is 0.348 e. The van der Waals surface area contributed by atoms with Crippen LogP contribution in [0.25, 0.3) is 10.6 Å². The van der Waals surface area contributed by atoms with E-state index >= 15 is 0 Å². The summed E-state index contributed by atoms with van der Waals surface area (Å²) in [5.41, 5.74) is 4.65. The Bertz CT molecular complexity index is 917. The second-order valence-electron chi connectivity index (χ2n) is 6.84. The second kappa shape index (κ2) is 7.42. The first-order valence-electron chi connectivity index (χ1n) is 9.11. The van der Waals surface area contributed by atoms with Gasteiger partial charge in [0.05, 0.1) is 5.69 Å². The van der Waals surface area contributed by atoms with E-state index in [1.54, 1.807) is 0 Å². The molecule has 1 aliphatic carbocycles. The predicted molar refractivity (Wildman–Crippen MR) is 107 cm³/mol. The third-order valence-electron chi connectivity index (χ3n) is 4.94. The van der Waals surface area contributed by atoms with Gasteiger partial charge in [-0.3, -0.25) is 4.79 Å². The Kier molecular flexibility index (Phi) is 4.85. The lowest BCUT2D eigenvalue weighted by Crippen LogP contribution is -2.36. The summed E-state index contributed by atoms with van der Waals surface area (Å²) in [5.74, 6) is 0.00608. The molecule has 0 radical (unpaired) electrons. The molecule has 0 spiro atoms. The van der Waals surface area contributed by atoms with Crippen LogP contribution >= 0.6 is 11.3 Å². The Morgan fingerprint density at radius 2 is 1.81 bits per heavy atom. The highest BCUT2D eigenvalue weighted by Gasteiger charge is 2.22. The van der Waals surface area contributed by atoms with Gasteiger partial charge in [0.15, 0.2) is 0 Å². The molecule has 1 atom stereocenters. The Morgan fingerprint density at radius 3 is 2.62 bits per heavy atom. The molecular formula is C22H22N2OS. The zero-order valence-electron chi connectivity index (χ0n) is 14.9. The van der Waals surface area contributed by atoms with Gasteiger partial charge in [-0.1, -0.05) is 54.6 Å². The van der Waals surface area contributed by atoms with Crippen molar-refractivity contribution < 1.29 is 4.79 Å². The van der Waals surface area contributed by atoms with E-state index in [0.717, 1.165) is 46.8 Å². The van der Waals surface area contributed by atoms with Gasteiger partial charge < -0.3 is 5.32 Å². The second-order valence-corrected chi connectivity index (χ2v) is 7.83. The molecule has 1 unspecified atom stereocenters. The predicted octanol–water partition coefficient (Wildman–Crippen LogP) is 4.80. The highest BCUT2D eigenvalue weighted by molar-refractivity contribution is 7.17. The Hall–Kier alpha value is -2.46. The van der Waals surface area contributed by atoms with Crippen molar-refractivity contribution in [1.82, 2.24) is 10.3 Å². The van der Waals surface area contributed by atoms with Crippen LogP contribution in [0, 0.1) is 6.92 Å². The fraction of sp³-hybridized carbons (Fsp3) is 0.273. The molecule has 0 saturated heterocycles. The summed E-state index contributed by atoms with van der Waals surface area (Å²) in [6, 6.07) is 18.8. The van der Waals surface area contributed by atoms with Crippen molar-refractivity contribution in [2.24, 2.45) is 0 Å². The van der Waals surface area contributed by atoms with Crippen molar-refractivity contribution in [2.45, 2.75) is 38.6 Å². The number of thiazole rings is 1. The SMILES string of the molecule is Cc1nc(-c2ccccc2)sc1C(=O)NC1CCCc2ccccc2C1. The van der Waals surface area contributed by atoms with Crippen LogP contribution in [-0.2, 0) is 12.8 Å². The fourth-order valence-corrected chi connectivity index (χ4v) is 4.57. The quantitative estimate of drug-likeness (QED) is 0.680. The van der Waals surface area contributed by atoms with Crippen molar-refractivity contribution in [1.29, 1.82) is 0 Å². The van der Waals surface area contributed by atoms with Gasteiger partial charge in [-0.15, -0.1) is 11.3 Å². The van der Waals surface area contributed by atoms with Crippen molar-refractivity contribution in [3.63, 3.8) is 0 Å². The number of carbonyl (C=O) groups excluding carboxylic acids is 1. The molecule has 1 aliphatic rings. The van der Waals surface area contributed by atoms with Crippen LogP contribution in [0.1, 0.15) is 39.3 Å². The summed E-state index contributed by atoms with van der Waals surface area (Å²) in [6.07, 6.45) is 4.13. The van der Waals surface area contributed by atoms with Gasteiger partial charge in [0.25, 0.3) is 5.91 Å². The molecule has 132 valence electrons. The number of aryl methyl sites for hydroxylation is 2. The Labute approximate surface area is 158 Å². The number of carbonyl (C=O) groups is 1. The average Bonchev–Trinajstić information content (AvgIpc) is 2.93. The van der Waals surface area contributed by atoms with Gasteiger partial charge in [0, 0.05) is 11.6 Å². The number of hydrogen-bond donors (Lipinski definition) is 1. The smallest absolute Gasteiger partial charge is 0.263 e. The van der Waals surface area contributed by atoms with Crippen LogP contribution in [-0.4, -0.2) is 16.9 Å². The molecule has 0 fully saturated rings. The number of rotatable bonds is 3. The summed E-state index contributed by atoms with van der Waals surface area (Å²) in [5, 5.41) is 4.16. The van der Waals surface area contributed by atoms with E-state index in [0.29, 0.717) is 0 Å². The molecule has 0 bridgehead atoms. The van der Waals surface area contributed by atoms with Crippen molar-refractivity contribution >= 4 is 17.2 Å². The lowest BCUT2D eigenvalue weighted by Gasteiger charge is -2.16. The molecule has 3 nitrogen and oxygen atoms in total. The van der Waals surface area contributed by atoms with Crippen molar-refractivity contribution in [2.75, 3.05) is 0 Å². The van der Waals surface area contributed by atoms with Crippen molar-refractivity contribution in [3.8, 4) is 10.6 Å². The average molecular weight is 362 g/mol. The molecule has 1 aromatic heterocycles. The van der Waals surface area contributed by atoms with Gasteiger partial charge in [0.2, 0.25) is 0 Å². The van der Waals surface area contributed by atoms with E-state index in [2.05, 4.69) is 34.6 Å². The first-order valence-corrected chi connectivity index (χ1v) is 9.93. The van der Waals surface area contributed by atoms with Gasteiger partial charge in [-0.05, 0) is 43.7 Å². The highest BCUT2D eigenvalue weighted by Crippen LogP contribution is 2.28. The van der Waals surface area contributed by atoms with E-state index in [1.807, 2.05) is 37.3 Å². The third-order valence-corrected chi connectivity index (χ3v) is 6.15. The molecule has 0 saturated carbocycles. The first-order chi connectivity index (χ1) is 12.7. The van der Waals surface area contributed by atoms with Crippen LogP contribution in [0.3, 0.4) is 0 Å². The maximum absolute atomic E-state index is 12.9. The normalized spacial score (nSPS) is 16.6.